The lowest BCUT2D eigenvalue weighted by Gasteiger charge is -2.17. The van der Waals surface area contributed by atoms with Crippen LogP contribution in [0.5, 0.6) is 0 Å². The topological polar surface area (TPSA) is 71.1 Å². The van der Waals surface area contributed by atoms with Gasteiger partial charge in [-0.15, -0.1) is 0 Å². The maximum atomic E-state index is 11.6. The van der Waals surface area contributed by atoms with Gasteiger partial charge in [0.15, 0.2) is 0 Å². The van der Waals surface area contributed by atoms with Gasteiger partial charge in [-0.2, -0.15) is 0 Å². The van der Waals surface area contributed by atoms with Crippen molar-refractivity contribution in [1.29, 1.82) is 0 Å². The van der Waals surface area contributed by atoms with Crippen LogP contribution in [0, 0.1) is 5.41 Å². The van der Waals surface area contributed by atoms with Crippen LogP contribution in [-0.2, 0) is 4.79 Å². The highest BCUT2D eigenvalue weighted by Gasteiger charge is 2.15. The summed E-state index contributed by atoms with van der Waals surface area (Å²) in [5.41, 5.74) is 0.352. The molecule has 2 amide bonds. The Morgan fingerprint density at radius 2 is 1.84 bits per heavy atom. The molecule has 0 aromatic carbocycles. The van der Waals surface area contributed by atoms with Gasteiger partial charge in [0.1, 0.15) is 5.69 Å². The number of hydrogen-bond donors (Lipinski definition) is 2. The Morgan fingerprint density at radius 1 is 1.16 bits per heavy atom. The number of amides is 2. The highest BCUT2D eigenvalue weighted by atomic mass is 16.2. The lowest BCUT2D eigenvalue weighted by molar-refractivity contribution is -0.122. The molecule has 0 fully saturated rings. The van der Waals surface area contributed by atoms with Gasteiger partial charge < -0.3 is 10.6 Å². The van der Waals surface area contributed by atoms with E-state index in [0.29, 0.717) is 25.2 Å². The summed E-state index contributed by atoms with van der Waals surface area (Å²) < 4.78 is 0. The third-order valence-electron chi connectivity index (χ3n) is 2.32. The summed E-state index contributed by atoms with van der Waals surface area (Å²) >= 11 is 0. The third-order valence-corrected chi connectivity index (χ3v) is 2.32. The number of aromatic nitrogens is 1. The Bertz CT molecular complexity index is 424. The van der Waals surface area contributed by atoms with Gasteiger partial charge in [-0.1, -0.05) is 26.8 Å². The van der Waals surface area contributed by atoms with Crippen molar-refractivity contribution in [1.82, 2.24) is 15.6 Å². The van der Waals surface area contributed by atoms with E-state index in [0.717, 1.165) is 0 Å². The lowest BCUT2D eigenvalue weighted by atomic mass is 9.92. The Kier molecular flexibility index (Phi) is 5.48. The number of hydrogen-bond acceptors (Lipinski definition) is 3. The molecular formula is C14H21N3O2. The summed E-state index contributed by atoms with van der Waals surface area (Å²) in [6, 6.07) is 5.16. The molecule has 19 heavy (non-hydrogen) atoms. The maximum Gasteiger partial charge on any atom is 0.269 e. The number of rotatable bonds is 5. The van der Waals surface area contributed by atoms with Gasteiger partial charge in [0.25, 0.3) is 5.91 Å². The Labute approximate surface area is 113 Å². The van der Waals surface area contributed by atoms with Crippen molar-refractivity contribution >= 4 is 11.8 Å². The van der Waals surface area contributed by atoms with Crippen molar-refractivity contribution in [3.05, 3.63) is 30.1 Å². The second-order valence-corrected chi connectivity index (χ2v) is 5.56. The van der Waals surface area contributed by atoms with Gasteiger partial charge in [-0.25, -0.2) is 0 Å². The van der Waals surface area contributed by atoms with Crippen molar-refractivity contribution in [2.24, 2.45) is 5.41 Å². The van der Waals surface area contributed by atoms with Gasteiger partial charge in [0, 0.05) is 25.7 Å². The molecule has 0 saturated carbocycles. The first-order valence-electron chi connectivity index (χ1n) is 6.34. The van der Waals surface area contributed by atoms with E-state index in [2.05, 4.69) is 15.6 Å². The van der Waals surface area contributed by atoms with Crippen LogP contribution in [0.3, 0.4) is 0 Å². The van der Waals surface area contributed by atoms with E-state index in [9.17, 15) is 9.59 Å². The van der Waals surface area contributed by atoms with Crippen molar-refractivity contribution in [2.75, 3.05) is 13.1 Å². The first-order chi connectivity index (χ1) is 8.88. The highest BCUT2D eigenvalue weighted by molar-refractivity contribution is 5.92. The second kappa shape index (κ2) is 6.87. The fourth-order valence-electron chi connectivity index (χ4n) is 1.51. The minimum absolute atomic E-state index is 0.000384. The Morgan fingerprint density at radius 3 is 2.42 bits per heavy atom. The van der Waals surface area contributed by atoms with Gasteiger partial charge in [0.2, 0.25) is 5.91 Å². The van der Waals surface area contributed by atoms with Gasteiger partial charge in [0.05, 0.1) is 0 Å². The first-order valence-corrected chi connectivity index (χ1v) is 6.34. The average Bonchev–Trinajstić information content (AvgIpc) is 2.33. The predicted molar refractivity (Wildman–Crippen MR) is 73.7 cm³/mol. The molecule has 1 aromatic heterocycles. The zero-order chi connectivity index (χ0) is 14.3. The molecule has 1 rings (SSSR count). The van der Waals surface area contributed by atoms with E-state index < -0.39 is 0 Å². The fourth-order valence-corrected chi connectivity index (χ4v) is 1.51. The predicted octanol–water partition coefficient (Wildman–Crippen LogP) is 1.36. The molecular weight excluding hydrogens is 242 g/mol. The zero-order valence-corrected chi connectivity index (χ0v) is 11.7. The molecule has 1 heterocycles. The normalized spacial score (nSPS) is 10.9. The lowest BCUT2D eigenvalue weighted by Crippen LogP contribution is -2.36. The van der Waals surface area contributed by atoms with Gasteiger partial charge >= 0.3 is 0 Å². The van der Waals surface area contributed by atoms with E-state index in [4.69, 9.17) is 0 Å². The Hall–Kier alpha value is -1.91. The number of nitrogens with zero attached hydrogens (tertiary/aromatic N) is 1. The summed E-state index contributed by atoms with van der Waals surface area (Å²) in [6.07, 6.45) is 2.04. The molecule has 0 bridgehead atoms. The van der Waals surface area contributed by atoms with Crippen LogP contribution in [-0.4, -0.2) is 29.9 Å². The molecule has 5 nitrogen and oxygen atoms in total. The zero-order valence-electron chi connectivity index (χ0n) is 11.7. The second-order valence-electron chi connectivity index (χ2n) is 5.56. The minimum atomic E-state index is -0.231. The molecule has 104 valence electrons. The van der Waals surface area contributed by atoms with Crippen molar-refractivity contribution in [3.63, 3.8) is 0 Å². The van der Waals surface area contributed by atoms with Gasteiger partial charge in [-0.3, -0.25) is 14.6 Å². The van der Waals surface area contributed by atoms with Crippen LogP contribution in [0.2, 0.25) is 0 Å². The van der Waals surface area contributed by atoms with Crippen LogP contribution in [0.1, 0.15) is 37.7 Å². The molecule has 0 atom stereocenters. The van der Waals surface area contributed by atoms with E-state index in [1.807, 2.05) is 20.8 Å². The molecule has 0 aliphatic carbocycles. The van der Waals surface area contributed by atoms with Crippen molar-refractivity contribution in [2.45, 2.75) is 27.2 Å². The number of nitrogens with one attached hydrogen (secondary N) is 2. The largest absolute Gasteiger partial charge is 0.354 e. The summed E-state index contributed by atoms with van der Waals surface area (Å²) in [5.74, 6) is -0.231. The van der Waals surface area contributed by atoms with Crippen LogP contribution in [0.4, 0.5) is 0 Å². The third kappa shape index (κ3) is 6.55. The Balaban J connectivity index is 2.21. The molecule has 5 heteroatoms. The van der Waals surface area contributed by atoms with Crippen LogP contribution < -0.4 is 10.6 Å². The summed E-state index contributed by atoms with van der Waals surface area (Å²) in [6.45, 7) is 6.85. The van der Waals surface area contributed by atoms with Crippen molar-refractivity contribution < 1.29 is 9.59 Å². The van der Waals surface area contributed by atoms with E-state index in [1.165, 1.54) is 0 Å². The van der Waals surface area contributed by atoms with Crippen LogP contribution in [0.15, 0.2) is 24.4 Å². The smallest absolute Gasteiger partial charge is 0.269 e. The fraction of sp³-hybridized carbons (Fsp3) is 0.500. The highest BCUT2D eigenvalue weighted by Crippen LogP contribution is 2.17. The van der Waals surface area contributed by atoms with E-state index in [-0.39, 0.29) is 17.2 Å². The molecule has 0 radical (unpaired) electrons. The molecule has 0 aliphatic heterocycles. The first kappa shape index (κ1) is 15.1. The van der Waals surface area contributed by atoms with Crippen LogP contribution >= 0.6 is 0 Å². The maximum absolute atomic E-state index is 11.6. The SMILES string of the molecule is CC(C)(C)CC(=O)NCCNC(=O)c1ccccn1. The quantitative estimate of drug-likeness (QED) is 0.788. The number of pyridine rings is 1. The van der Waals surface area contributed by atoms with Crippen molar-refractivity contribution in [3.8, 4) is 0 Å². The summed E-state index contributed by atoms with van der Waals surface area (Å²) in [7, 11) is 0. The molecule has 0 unspecified atom stereocenters. The standard InChI is InChI=1S/C14H21N3O2/c1-14(2,3)10-12(18)16-8-9-17-13(19)11-6-4-5-7-15-11/h4-7H,8-10H2,1-3H3,(H,16,18)(H,17,19). The average molecular weight is 263 g/mol. The summed E-state index contributed by atoms with van der Waals surface area (Å²) in [5, 5.41) is 5.47. The molecule has 0 aliphatic rings. The number of carbonyl (C=O) groups excluding carboxylic acids is 2. The number of carbonyl (C=O) groups is 2. The molecule has 1 aromatic rings. The molecule has 2 N–H and O–H groups in total. The molecule has 0 spiro atoms. The summed E-state index contributed by atoms with van der Waals surface area (Å²) in [4.78, 5) is 27.1. The monoisotopic (exact) mass is 263 g/mol. The van der Waals surface area contributed by atoms with Gasteiger partial charge in [-0.05, 0) is 17.5 Å². The minimum Gasteiger partial charge on any atom is -0.354 e. The molecule has 0 saturated heterocycles. The van der Waals surface area contributed by atoms with Crippen LogP contribution in [0.25, 0.3) is 0 Å². The van der Waals surface area contributed by atoms with E-state index in [1.54, 1.807) is 24.4 Å². The van der Waals surface area contributed by atoms with E-state index >= 15 is 0 Å².